The number of halogens is 3. The first-order valence-electron chi connectivity index (χ1n) is 12.7. The van der Waals surface area contributed by atoms with Crippen LogP contribution < -0.4 is 4.74 Å². The van der Waals surface area contributed by atoms with Crippen molar-refractivity contribution < 1.29 is 26.3 Å². The van der Waals surface area contributed by atoms with Gasteiger partial charge in [0.1, 0.15) is 11.5 Å². The molecule has 0 saturated heterocycles. The first kappa shape index (κ1) is 27.4. The number of hydrogen-bond donors (Lipinski definition) is 0. The van der Waals surface area contributed by atoms with Gasteiger partial charge in [-0.1, -0.05) is 54.6 Å². The van der Waals surface area contributed by atoms with Gasteiger partial charge in [0, 0.05) is 11.6 Å². The highest BCUT2D eigenvalue weighted by Gasteiger charge is 2.33. The quantitative estimate of drug-likeness (QED) is 0.200. The van der Waals surface area contributed by atoms with Gasteiger partial charge in [-0.2, -0.15) is 13.2 Å². The number of para-hydroxylation sites is 1. The molecule has 0 aliphatic carbocycles. The van der Waals surface area contributed by atoms with E-state index in [0.29, 0.717) is 34.4 Å². The van der Waals surface area contributed by atoms with Gasteiger partial charge in [-0.3, -0.25) is 4.98 Å². The number of benzene rings is 4. The highest BCUT2D eigenvalue weighted by atomic mass is 32.2. The van der Waals surface area contributed by atoms with Crippen LogP contribution in [0.25, 0.3) is 22.0 Å². The molecule has 0 fully saturated rings. The van der Waals surface area contributed by atoms with Crippen LogP contribution in [0.1, 0.15) is 30.5 Å². The van der Waals surface area contributed by atoms with Crippen LogP contribution in [-0.2, 0) is 22.4 Å². The molecule has 5 aromatic rings. The maximum absolute atomic E-state index is 13.9. The summed E-state index contributed by atoms with van der Waals surface area (Å²) in [5, 5.41) is -0.155. The predicted molar refractivity (Wildman–Crippen MR) is 150 cm³/mol. The Kier molecular flexibility index (Phi) is 7.38. The average molecular weight is 562 g/mol. The summed E-state index contributed by atoms with van der Waals surface area (Å²) >= 11 is 0. The molecule has 40 heavy (non-hydrogen) atoms. The fourth-order valence-corrected chi connectivity index (χ4v) is 5.66. The molecule has 1 aromatic heterocycles. The molecule has 4 nitrogen and oxygen atoms in total. The molecule has 0 N–H and O–H groups in total. The second kappa shape index (κ2) is 10.8. The zero-order chi connectivity index (χ0) is 28.5. The molecule has 204 valence electrons. The van der Waals surface area contributed by atoms with Crippen LogP contribution >= 0.6 is 0 Å². The lowest BCUT2D eigenvalue weighted by Gasteiger charge is -2.17. The van der Waals surface area contributed by atoms with Crippen molar-refractivity contribution in [2.24, 2.45) is 0 Å². The van der Waals surface area contributed by atoms with E-state index in [4.69, 9.17) is 4.74 Å². The Hall–Kier alpha value is -4.17. The molecule has 0 unspecified atom stereocenters. The smallest absolute Gasteiger partial charge is 0.418 e. The number of sulfone groups is 1. The van der Waals surface area contributed by atoms with Gasteiger partial charge in [-0.25, -0.2) is 8.42 Å². The summed E-state index contributed by atoms with van der Waals surface area (Å²) in [5.74, 6) is 0.892. The Bertz CT molecular complexity index is 1770. The second-order valence-electron chi connectivity index (χ2n) is 9.72. The molecule has 0 aliphatic heterocycles. The summed E-state index contributed by atoms with van der Waals surface area (Å²) in [5.41, 5.74) is 2.19. The van der Waals surface area contributed by atoms with Gasteiger partial charge < -0.3 is 4.74 Å². The summed E-state index contributed by atoms with van der Waals surface area (Å²) in [4.78, 5) is 4.47. The largest absolute Gasteiger partial charge is 0.457 e. The van der Waals surface area contributed by atoms with Gasteiger partial charge >= 0.3 is 6.18 Å². The van der Waals surface area contributed by atoms with Gasteiger partial charge in [-0.05, 0) is 85.0 Å². The zero-order valence-electron chi connectivity index (χ0n) is 21.8. The van der Waals surface area contributed by atoms with Crippen LogP contribution in [0.5, 0.6) is 11.5 Å². The van der Waals surface area contributed by atoms with Crippen LogP contribution in [0.3, 0.4) is 0 Å². The number of alkyl halides is 3. The normalized spacial score (nSPS) is 12.2. The molecule has 0 spiro atoms. The van der Waals surface area contributed by atoms with Crippen LogP contribution in [0.4, 0.5) is 13.2 Å². The maximum Gasteiger partial charge on any atom is 0.418 e. The molecule has 0 atom stereocenters. The van der Waals surface area contributed by atoms with Crippen LogP contribution in [0, 0.1) is 0 Å². The SMILES string of the molecule is CC(C)S(=O)(=O)c1ccc(Oc2cccc(-c3c(Cc4ccccc4)cnc4c(C(F)(F)F)cccc34)c2)cc1. The van der Waals surface area contributed by atoms with E-state index in [1.807, 2.05) is 36.4 Å². The van der Waals surface area contributed by atoms with Gasteiger partial charge in [-0.15, -0.1) is 0 Å². The molecule has 1 heterocycles. The summed E-state index contributed by atoms with van der Waals surface area (Å²) in [6.45, 7) is 3.25. The lowest BCUT2D eigenvalue weighted by molar-refractivity contribution is -0.136. The van der Waals surface area contributed by atoms with E-state index in [1.165, 1.54) is 24.4 Å². The van der Waals surface area contributed by atoms with E-state index in [1.54, 1.807) is 50.2 Å². The highest BCUT2D eigenvalue weighted by Crippen LogP contribution is 2.40. The Morgan fingerprint density at radius 2 is 1.52 bits per heavy atom. The third-order valence-corrected chi connectivity index (χ3v) is 8.82. The van der Waals surface area contributed by atoms with Gasteiger partial charge in [0.2, 0.25) is 0 Å². The van der Waals surface area contributed by atoms with Gasteiger partial charge in [0.05, 0.1) is 21.2 Å². The maximum atomic E-state index is 13.9. The Morgan fingerprint density at radius 3 is 2.20 bits per heavy atom. The zero-order valence-corrected chi connectivity index (χ0v) is 22.6. The first-order valence-corrected chi connectivity index (χ1v) is 14.2. The molecule has 4 aromatic carbocycles. The monoisotopic (exact) mass is 561 g/mol. The molecule has 8 heteroatoms. The number of hydrogen-bond acceptors (Lipinski definition) is 4. The highest BCUT2D eigenvalue weighted by molar-refractivity contribution is 7.92. The van der Waals surface area contributed by atoms with Crippen molar-refractivity contribution in [3.8, 4) is 22.6 Å². The minimum absolute atomic E-state index is 0.116. The predicted octanol–water partition coefficient (Wildman–Crippen LogP) is 8.49. The molecule has 0 saturated carbocycles. The summed E-state index contributed by atoms with van der Waals surface area (Å²) in [6.07, 6.45) is -2.56. The van der Waals surface area contributed by atoms with Gasteiger partial charge in [0.15, 0.2) is 9.84 Å². The van der Waals surface area contributed by atoms with E-state index in [0.717, 1.165) is 17.2 Å². The lowest BCUT2D eigenvalue weighted by atomic mass is 9.92. The molecule has 0 bridgehead atoms. The van der Waals surface area contributed by atoms with Crippen molar-refractivity contribution in [1.29, 1.82) is 0 Å². The number of fused-ring (bicyclic) bond motifs is 1. The number of aromatic nitrogens is 1. The van der Waals surface area contributed by atoms with Crippen molar-refractivity contribution >= 4 is 20.7 Å². The summed E-state index contributed by atoms with van der Waals surface area (Å²) in [7, 11) is -3.42. The summed E-state index contributed by atoms with van der Waals surface area (Å²) in [6, 6.07) is 27.0. The Labute approximate surface area is 231 Å². The van der Waals surface area contributed by atoms with Crippen molar-refractivity contribution in [1.82, 2.24) is 4.98 Å². The second-order valence-corrected chi connectivity index (χ2v) is 12.2. The molecule has 0 amide bonds. The standard InChI is InChI=1S/C32H26F3NO3S/c1-21(2)40(37,38)27-16-14-25(15-17-27)39-26-11-6-10-23(19-26)30-24(18-22-8-4-3-5-9-22)20-36-31-28(30)12-7-13-29(31)32(33,34)35/h3-17,19-21H,18H2,1-2H3. The van der Waals surface area contributed by atoms with Crippen LogP contribution in [0.2, 0.25) is 0 Å². The fourth-order valence-electron chi connectivity index (χ4n) is 4.60. The number of pyridine rings is 1. The first-order chi connectivity index (χ1) is 19.0. The molecular formula is C32H26F3NO3S. The van der Waals surface area contributed by atoms with E-state index in [2.05, 4.69) is 4.98 Å². The molecular weight excluding hydrogens is 535 g/mol. The summed E-state index contributed by atoms with van der Waals surface area (Å²) < 4.78 is 72.5. The van der Waals surface area contributed by atoms with Crippen molar-refractivity contribution in [3.05, 3.63) is 120 Å². The topological polar surface area (TPSA) is 56.3 Å². The molecule has 5 rings (SSSR count). The van der Waals surface area contributed by atoms with Crippen molar-refractivity contribution in [2.75, 3.05) is 0 Å². The van der Waals surface area contributed by atoms with Crippen molar-refractivity contribution in [2.45, 2.75) is 36.6 Å². The Morgan fingerprint density at radius 1 is 0.825 bits per heavy atom. The van der Waals surface area contributed by atoms with Crippen molar-refractivity contribution in [3.63, 3.8) is 0 Å². The van der Waals surface area contributed by atoms with E-state index in [9.17, 15) is 21.6 Å². The van der Waals surface area contributed by atoms with Crippen LogP contribution in [0.15, 0.2) is 108 Å². The fraction of sp³-hybridized carbons (Fsp3) is 0.156. The lowest BCUT2D eigenvalue weighted by Crippen LogP contribution is -2.13. The minimum Gasteiger partial charge on any atom is -0.457 e. The average Bonchev–Trinajstić information content (AvgIpc) is 2.93. The van der Waals surface area contributed by atoms with Gasteiger partial charge in [0.25, 0.3) is 0 Å². The minimum atomic E-state index is -4.55. The van der Waals surface area contributed by atoms with Crippen LogP contribution in [-0.4, -0.2) is 18.7 Å². The third-order valence-electron chi connectivity index (χ3n) is 6.65. The van der Waals surface area contributed by atoms with E-state index < -0.39 is 26.8 Å². The number of nitrogens with zero attached hydrogens (tertiary/aromatic N) is 1. The van der Waals surface area contributed by atoms with E-state index >= 15 is 0 Å². The number of rotatable bonds is 7. The number of ether oxygens (including phenoxy) is 1. The third kappa shape index (κ3) is 5.58. The Balaban J connectivity index is 1.58. The molecule has 0 aliphatic rings. The van der Waals surface area contributed by atoms with E-state index in [-0.39, 0.29) is 10.4 Å². The molecule has 0 radical (unpaired) electrons.